The van der Waals surface area contributed by atoms with Crippen molar-refractivity contribution in [1.82, 2.24) is 4.98 Å². The van der Waals surface area contributed by atoms with Gasteiger partial charge < -0.3 is 15.3 Å². The third-order valence-corrected chi connectivity index (χ3v) is 3.44. The van der Waals surface area contributed by atoms with E-state index in [0.717, 1.165) is 0 Å². The smallest absolute Gasteiger partial charge is 0.337 e. The van der Waals surface area contributed by atoms with E-state index in [9.17, 15) is 15.0 Å². The maximum Gasteiger partial charge on any atom is 0.337 e. The Hall–Kier alpha value is -2.64. The van der Waals surface area contributed by atoms with Gasteiger partial charge in [0.2, 0.25) is 0 Å². The largest absolute Gasteiger partial charge is 0.505 e. The Morgan fingerprint density at radius 1 is 1.48 bits per heavy atom. The Morgan fingerprint density at radius 3 is 2.87 bits per heavy atom. The number of aliphatic hydroxyl groups excluding tert-OH is 1. The molecule has 0 aliphatic heterocycles. The molecule has 1 heterocycles. The lowest BCUT2D eigenvalue weighted by atomic mass is 10.1. The van der Waals surface area contributed by atoms with E-state index in [2.05, 4.69) is 15.5 Å². The van der Waals surface area contributed by atoms with Gasteiger partial charge in [-0.05, 0) is 25.1 Å². The van der Waals surface area contributed by atoms with Crippen molar-refractivity contribution in [2.75, 3.05) is 5.43 Å². The molecule has 120 valence electrons. The van der Waals surface area contributed by atoms with Crippen molar-refractivity contribution in [2.24, 2.45) is 5.10 Å². The van der Waals surface area contributed by atoms with E-state index in [1.54, 1.807) is 13.0 Å². The van der Waals surface area contributed by atoms with Gasteiger partial charge >= 0.3 is 5.97 Å². The summed E-state index contributed by atoms with van der Waals surface area (Å²) in [4.78, 5) is 15.0. The SMILES string of the molecule is Cc1ncc(CO)c(C=NNc2ccc(Cl)c(C(=O)O)c2)c1O. The molecule has 0 spiro atoms. The van der Waals surface area contributed by atoms with Crippen molar-refractivity contribution >= 4 is 29.5 Å². The predicted molar refractivity (Wildman–Crippen MR) is 86.2 cm³/mol. The number of aryl methyl sites for hydroxylation is 1. The number of hydrogen-bond donors (Lipinski definition) is 4. The molecule has 1 aromatic heterocycles. The number of pyridine rings is 1. The van der Waals surface area contributed by atoms with Crippen molar-refractivity contribution in [3.63, 3.8) is 0 Å². The van der Waals surface area contributed by atoms with Crippen molar-refractivity contribution in [3.05, 3.63) is 51.8 Å². The van der Waals surface area contributed by atoms with Crippen LogP contribution < -0.4 is 5.43 Å². The van der Waals surface area contributed by atoms with E-state index in [1.165, 1.54) is 24.5 Å². The Morgan fingerprint density at radius 2 is 2.22 bits per heavy atom. The molecule has 8 heteroatoms. The van der Waals surface area contributed by atoms with Crippen LogP contribution >= 0.6 is 11.6 Å². The van der Waals surface area contributed by atoms with Crippen LogP contribution in [0.2, 0.25) is 5.02 Å². The normalized spacial score (nSPS) is 10.9. The van der Waals surface area contributed by atoms with Gasteiger partial charge in [0, 0.05) is 17.3 Å². The highest BCUT2D eigenvalue weighted by Gasteiger charge is 2.10. The lowest BCUT2D eigenvalue weighted by Crippen LogP contribution is -2.01. The second-order valence-corrected chi connectivity index (χ2v) is 5.07. The average molecular weight is 336 g/mol. The molecule has 0 fully saturated rings. The van der Waals surface area contributed by atoms with E-state index in [1.807, 2.05) is 0 Å². The number of nitrogens with one attached hydrogen (secondary N) is 1. The van der Waals surface area contributed by atoms with E-state index < -0.39 is 5.97 Å². The molecule has 0 amide bonds. The molecule has 2 rings (SSSR count). The van der Waals surface area contributed by atoms with Gasteiger partial charge in [0.05, 0.1) is 34.8 Å². The predicted octanol–water partition coefficient (Wildman–Crippen LogP) is 2.39. The molecule has 0 atom stereocenters. The number of aromatic carboxylic acids is 1. The molecule has 0 bridgehead atoms. The number of rotatable bonds is 5. The minimum atomic E-state index is -1.15. The lowest BCUT2D eigenvalue weighted by molar-refractivity contribution is 0.0697. The van der Waals surface area contributed by atoms with Crippen molar-refractivity contribution in [1.29, 1.82) is 0 Å². The summed E-state index contributed by atoms with van der Waals surface area (Å²) in [5.74, 6) is -1.22. The lowest BCUT2D eigenvalue weighted by Gasteiger charge is -2.07. The monoisotopic (exact) mass is 335 g/mol. The molecule has 0 aliphatic carbocycles. The fourth-order valence-electron chi connectivity index (χ4n) is 1.85. The number of benzene rings is 1. The Balaban J connectivity index is 2.25. The number of carboxylic acids is 1. The summed E-state index contributed by atoms with van der Waals surface area (Å²) < 4.78 is 0. The summed E-state index contributed by atoms with van der Waals surface area (Å²) in [6.07, 6.45) is 2.77. The number of hydrazone groups is 1. The third-order valence-electron chi connectivity index (χ3n) is 3.11. The molecule has 0 radical (unpaired) electrons. The summed E-state index contributed by atoms with van der Waals surface area (Å²) in [7, 11) is 0. The highest BCUT2D eigenvalue weighted by Crippen LogP contribution is 2.23. The first-order valence-electron chi connectivity index (χ1n) is 6.54. The number of aromatic nitrogens is 1. The van der Waals surface area contributed by atoms with Gasteiger partial charge in [-0.1, -0.05) is 11.6 Å². The van der Waals surface area contributed by atoms with Crippen LogP contribution in [0.3, 0.4) is 0 Å². The van der Waals surface area contributed by atoms with Crippen LogP contribution in [0.5, 0.6) is 5.75 Å². The first-order valence-corrected chi connectivity index (χ1v) is 6.92. The molecule has 7 nitrogen and oxygen atoms in total. The van der Waals surface area contributed by atoms with Crippen LogP contribution in [-0.4, -0.2) is 32.5 Å². The Bertz CT molecular complexity index is 778. The van der Waals surface area contributed by atoms with Crippen LogP contribution in [0.25, 0.3) is 0 Å². The number of halogens is 1. The number of nitrogens with zero attached hydrogens (tertiary/aromatic N) is 2. The van der Waals surface area contributed by atoms with Gasteiger partial charge in [-0.25, -0.2) is 4.79 Å². The molecular formula is C15H14ClN3O4. The number of carboxylic acid groups (broad SMARTS) is 1. The van der Waals surface area contributed by atoms with Gasteiger partial charge in [-0.2, -0.15) is 5.10 Å². The summed E-state index contributed by atoms with van der Waals surface area (Å²) in [6.45, 7) is 1.33. The highest BCUT2D eigenvalue weighted by atomic mass is 35.5. The standard InChI is InChI=1S/C15H14ClN3O4/c1-8-14(21)12(9(7-20)5-17-8)6-18-19-10-2-3-13(16)11(4-10)15(22)23/h2-6,19-21H,7H2,1H3,(H,22,23). The summed E-state index contributed by atoms with van der Waals surface area (Å²) in [5.41, 5.74) is 4.17. The number of aromatic hydroxyl groups is 1. The van der Waals surface area contributed by atoms with Gasteiger partial charge in [-0.15, -0.1) is 0 Å². The fourth-order valence-corrected chi connectivity index (χ4v) is 2.05. The van der Waals surface area contributed by atoms with Crippen molar-refractivity contribution in [3.8, 4) is 5.75 Å². The Kier molecular flexibility index (Phi) is 5.15. The zero-order valence-corrected chi connectivity index (χ0v) is 12.9. The second-order valence-electron chi connectivity index (χ2n) is 4.66. The molecule has 0 saturated carbocycles. The number of carbonyl (C=O) groups is 1. The minimum Gasteiger partial charge on any atom is -0.505 e. The van der Waals surface area contributed by atoms with E-state index >= 15 is 0 Å². The topological polar surface area (TPSA) is 115 Å². The minimum absolute atomic E-state index is 0.0504. The highest BCUT2D eigenvalue weighted by molar-refractivity contribution is 6.33. The van der Waals surface area contributed by atoms with E-state index in [-0.39, 0.29) is 22.9 Å². The molecule has 0 saturated heterocycles. The maximum atomic E-state index is 11.0. The van der Waals surface area contributed by atoms with Crippen LogP contribution in [0.15, 0.2) is 29.5 Å². The number of hydrogen-bond acceptors (Lipinski definition) is 6. The number of aliphatic hydroxyl groups is 1. The van der Waals surface area contributed by atoms with E-state index in [4.69, 9.17) is 16.7 Å². The van der Waals surface area contributed by atoms with Crippen molar-refractivity contribution < 1.29 is 20.1 Å². The average Bonchev–Trinajstić information content (AvgIpc) is 2.53. The van der Waals surface area contributed by atoms with Crippen LogP contribution in [0.1, 0.15) is 27.2 Å². The number of anilines is 1. The molecule has 1 aromatic carbocycles. The molecule has 23 heavy (non-hydrogen) atoms. The zero-order valence-electron chi connectivity index (χ0n) is 12.1. The van der Waals surface area contributed by atoms with Crippen LogP contribution in [0.4, 0.5) is 5.69 Å². The third kappa shape index (κ3) is 3.77. The quantitative estimate of drug-likeness (QED) is 0.492. The first kappa shape index (κ1) is 16.7. The maximum absolute atomic E-state index is 11.0. The molecule has 4 N–H and O–H groups in total. The van der Waals surface area contributed by atoms with Crippen LogP contribution in [0, 0.1) is 6.92 Å². The first-order chi connectivity index (χ1) is 10.9. The molecule has 2 aromatic rings. The zero-order chi connectivity index (χ0) is 17.0. The second kappa shape index (κ2) is 7.08. The van der Waals surface area contributed by atoms with Gasteiger partial charge in [0.25, 0.3) is 0 Å². The van der Waals surface area contributed by atoms with Gasteiger partial charge in [-0.3, -0.25) is 10.4 Å². The fraction of sp³-hybridized carbons (Fsp3) is 0.133. The molecular weight excluding hydrogens is 322 g/mol. The Labute approximate surface area is 136 Å². The summed E-state index contributed by atoms with van der Waals surface area (Å²) >= 11 is 5.78. The summed E-state index contributed by atoms with van der Waals surface area (Å²) in [5, 5.41) is 32.3. The molecule has 0 unspecified atom stereocenters. The van der Waals surface area contributed by atoms with Gasteiger partial charge in [0.15, 0.2) is 0 Å². The summed E-state index contributed by atoms with van der Waals surface area (Å²) in [6, 6.07) is 4.35. The van der Waals surface area contributed by atoms with Gasteiger partial charge in [0.1, 0.15) is 5.75 Å². The van der Waals surface area contributed by atoms with Crippen molar-refractivity contribution in [2.45, 2.75) is 13.5 Å². The van der Waals surface area contributed by atoms with E-state index in [0.29, 0.717) is 22.5 Å². The molecule has 0 aliphatic rings. The van der Waals surface area contributed by atoms with Crippen LogP contribution in [-0.2, 0) is 6.61 Å².